The summed E-state index contributed by atoms with van der Waals surface area (Å²) < 4.78 is 3.14. The van der Waals surface area contributed by atoms with Crippen molar-refractivity contribution in [2.24, 2.45) is 0 Å². The Labute approximate surface area is 179 Å². The standard InChI is InChI=1S/C22H24N8O/c1-14-10-17(28-9-8-27-7-3-4-16(27)12-28)13-29-21(31)11-19(24-22(14)29)18-5-6-20-23-15(2)25-30(20)26-18/h5-6,10-11,13,16H,3-4,7-9,12H2,1-2H3. The number of aromatic nitrogens is 6. The molecule has 0 aromatic carbocycles. The van der Waals surface area contributed by atoms with Gasteiger partial charge in [0.05, 0.1) is 11.4 Å². The van der Waals surface area contributed by atoms with E-state index in [1.807, 2.05) is 32.2 Å². The Hall–Kier alpha value is -3.33. The number of rotatable bonds is 2. The van der Waals surface area contributed by atoms with Crippen LogP contribution in [0.1, 0.15) is 24.2 Å². The minimum atomic E-state index is -0.110. The number of pyridine rings is 1. The fourth-order valence-corrected chi connectivity index (χ4v) is 4.90. The van der Waals surface area contributed by atoms with Gasteiger partial charge in [-0.3, -0.25) is 14.1 Å². The minimum Gasteiger partial charge on any atom is -0.367 e. The average molecular weight is 416 g/mol. The molecular formula is C22H24N8O. The van der Waals surface area contributed by atoms with E-state index in [0.717, 1.165) is 30.9 Å². The first-order valence-corrected chi connectivity index (χ1v) is 10.8. The van der Waals surface area contributed by atoms with Crippen LogP contribution in [0.15, 0.2) is 35.3 Å². The monoisotopic (exact) mass is 416 g/mol. The third-order valence-corrected chi connectivity index (χ3v) is 6.46. The summed E-state index contributed by atoms with van der Waals surface area (Å²) in [7, 11) is 0. The molecule has 0 bridgehead atoms. The van der Waals surface area contributed by atoms with E-state index in [1.54, 1.807) is 10.5 Å². The Morgan fingerprint density at radius 3 is 2.81 bits per heavy atom. The molecule has 4 aromatic heterocycles. The Morgan fingerprint density at radius 1 is 1.00 bits per heavy atom. The van der Waals surface area contributed by atoms with Crippen molar-refractivity contribution in [2.45, 2.75) is 32.7 Å². The number of hydrogen-bond acceptors (Lipinski definition) is 7. The van der Waals surface area contributed by atoms with Crippen molar-refractivity contribution in [1.82, 2.24) is 34.1 Å². The third kappa shape index (κ3) is 3.07. The predicted octanol–water partition coefficient (Wildman–Crippen LogP) is 1.70. The van der Waals surface area contributed by atoms with Crippen LogP contribution in [-0.2, 0) is 0 Å². The van der Waals surface area contributed by atoms with Crippen molar-refractivity contribution >= 4 is 17.0 Å². The van der Waals surface area contributed by atoms with Crippen molar-refractivity contribution in [2.75, 3.05) is 31.1 Å². The van der Waals surface area contributed by atoms with E-state index in [1.165, 1.54) is 24.0 Å². The molecule has 0 N–H and O–H groups in total. The summed E-state index contributed by atoms with van der Waals surface area (Å²) in [5.74, 6) is 0.651. The molecule has 1 unspecified atom stereocenters. The Morgan fingerprint density at radius 2 is 1.90 bits per heavy atom. The number of fused-ring (bicyclic) bond motifs is 3. The molecule has 6 rings (SSSR count). The van der Waals surface area contributed by atoms with E-state index in [-0.39, 0.29) is 5.56 Å². The Bertz CT molecular complexity index is 1370. The molecule has 0 aliphatic carbocycles. The maximum Gasteiger partial charge on any atom is 0.258 e. The average Bonchev–Trinajstić information content (AvgIpc) is 3.38. The Balaban J connectivity index is 1.40. The summed E-state index contributed by atoms with van der Waals surface area (Å²) >= 11 is 0. The van der Waals surface area contributed by atoms with Crippen molar-refractivity contribution < 1.29 is 0 Å². The highest BCUT2D eigenvalue weighted by molar-refractivity contribution is 5.63. The van der Waals surface area contributed by atoms with Crippen LogP contribution >= 0.6 is 0 Å². The number of aryl methyl sites for hydroxylation is 2. The SMILES string of the molecule is Cc1nc2ccc(-c3cc(=O)n4cc(N5CCN6CCCC6C5)cc(C)c4n3)nn2n1. The molecular weight excluding hydrogens is 392 g/mol. The van der Waals surface area contributed by atoms with Crippen LogP contribution in [0.5, 0.6) is 0 Å². The third-order valence-electron chi connectivity index (χ3n) is 6.46. The van der Waals surface area contributed by atoms with Crippen LogP contribution in [0.4, 0.5) is 5.69 Å². The van der Waals surface area contributed by atoms with Crippen molar-refractivity contribution in [3.8, 4) is 11.4 Å². The number of nitrogens with zero attached hydrogens (tertiary/aromatic N) is 8. The lowest BCUT2D eigenvalue weighted by Crippen LogP contribution is -2.50. The van der Waals surface area contributed by atoms with Gasteiger partial charge in [-0.05, 0) is 57.0 Å². The maximum atomic E-state index is 13.0. The van der Waals surface area contributed by atoms with Crippen LogP contribution < -0.4 is 10.5 Å². The van der Waals surface area contributed by atoms with Gasteiger partial charge in [-0.2, -0.15) is 0 Å². The zero-order valence-electron chi connectivity index (χ0n) is 17.7. The lowest BCUT2D eigenvalue weighted by atomic mass is 10.1. The molecule has 9 heteroatoms. The summed E-state index contributed by atoms with van der Waals surface area (Å²) in [6.45, 7) is 8.15. The van der Waals surface area contributed by atoms with Crippen LogP contribution in [0, 0.1) is 13.8 Å². The molecule has 31 heavy (non-hydrogen) atoms. The van der Waals surface area contributed by atoms with E-state index < -0.39 is 0 Å². The van der Waals surface area contributed by atoms with Crippen LogP contribution in [0.3, 0.4) is 0 Å². The first kappa shape index (κ1) is 18.4. The molecule has 0 amide bonds. The Kier molecular flexibility index (Phi) is 4.07. The van der Waals surface area contributed by atoms with E-state index in [0.29, 0.717) is 34.5 Å². The molecule has 9 nitrogen and oxygen atoms in total. The lowest BCUT2D eigenvalue weighted by Gasteiger charge is -2.39. The van der Waals surface area contributed by atoms with Gasteiger partial charge in [-0.1, -0.05) is 0 Å². The predicted molar refractivity (Wildman–Crippen MR) is 118 cm³/mol. The molecule has 158 valence electrons. The van der Waals surface area contributed by atoms with Crippen molar-refractivity contribution in [3.63, 3.8) is 0 Å². The summed E-state index contributed by atoms with van der Waals surface area (Å²) in [6.07, 6.45) is 4.48. The highest BCUT2D eigenvalue weighted by Crippen LogP contribution is 2.27. The number of anilines is 1. The van der Waals surface area contributed by atoms with Gasteiger partial charge in [0, 0.05) is 37.9 Å². The molecule has 0 saturated carbocycles. The zero-order valence-corrected chi connectivity index (χ0v) is 17.7. The summed E-state index contributed by atoms with van der Waals surface area (Å²) in [6, 6.07) is 7.98. The van der Waals surface area contributed by atoms with Gasteiger partial charge in [0.15, 0.2) is 5.65 Å². The van der Waals surface area contributed by atoms with E-state index in [2.05, 4.69) is 31.0 Å². The highest BCUT2D eigenvalue weighted by atomic mass is 16.1. The largest absolute Gasteiger partial charge is 0.367 e. The molecule has 0 spiro atoms. The van der Waals surface area contributed by atoms with E-state index >= 15 is 0 Å². The van der Waals surface area contributed by atoms with Crippen LogP contribution in [0.2, 0.25) is 0 Å². The molecule has 2 fully saturated rings. The van der Waals surface area contributed by atoms with E-state index in [4.69, 9.17) is 4.98 Å². The van der Waals surface area contributed by atoms with Gasteiger partial charge < -0.3 is 4.90 Å². The first-order valence-electron chi connectivity index (χ1n) is 10.8. The molecule has 4 aromatic rings. The second-order valence-electron chi connectivity index (χ2n) is 8.56. The molecule has 2 aliphatic rings. The second kappa shape index (κ2) is 6.84. The lowest BCUT2D eigenvalue weighted by molar-refractivity contribution is 0.231. The van der Waals surface area contributed by atoms with Gasteiger partial charge in [-0.25, -0.2) is 9.97 Å². The van der Waals surface area contributed by atoms with Gasteiger partial charge in [0.2, 0.25) is 0 Å². The smallest absolute Gasteiger partial charge is 0.258 e. The number of piperazine rings is 1. The minimum absolute atomic E-state index is 0.110. The van der Waals surface area contributed by atoms with Crippen molar-refractivity contribution in [3.05, 3.63) is 52.2 Å². The van der Waals surface area contributed by atoms with Crippen LogP contribution in [0.25, 0.3) is 22.7 Å². The van der Waals surface area contributed by atoms with Gasteiger partial charge >= 0.3 is 0 Å². The summed E-state index contributed by atoms with van der Waals surface area (Å²) in [4.78, 5) is 27.1. The molecule has 2 aliphatic heterocycles. The molecule has 0 radical (unpaired) electrons. The second-order valence-corrected chi connectivity index (χ2v) is 8.56. The molecule has 6 heterocycles. The fraction of sp³-hybridized carbons (Fsp3) is 0.409. The van der Waals surface area contributed by atoms with E-state index in [9.17, 15) is 4.79 Å². The van der Waals surface area contributed by atoms with Gasteiger partial charge in [-0.15, -0.1) is 14.8 Å². The van der Waals surface area contributed by atoms with Gasteiger partial charge in [0.1, 0.15) is 17.2 Å². The molecule has 2 saturated heterocycles. The number of hydrogen-bond donors (Lipinski definition) is 0. The van der Waals surface area contributed by atoms with Crippen LogP contribution in [-0.4, -0.2) is 66.3 Å². The highest BCUT2D eigenvalue weighted by Gasteiger charge is 2.30. The first-order chi connectivity index (χ1) is 15.0. The maximum absolute atomic E-state index is 13.0. The summed E-state index contributed by atoms with van der Waals surface area (Å²) in [5.41, 5.74) is 4.41. The normalized spacial score (nSPS) is 19.4. The topological polar surface area (TPSA) is 83.9 Å². The molecule has 1 atom stereocenters. The quantitative estimate of drug-likeness (QED) is 0.492. The summed E-state index contributed by atoms with van der Waals surface area (Å²) in [5, 5.41) is 8.75. The van der Waals surface area contributed by atoms with Crippen molar-refractivity contribution in [1.29, 1.82) is 0 Å². The van der Waals surface area contributed by atoms with Gasteiger partial charge in [0.25, 0.3) is 5.56 Å². The fourth-order valence-electron chi connectivity index (χ4n) is 4.90. The zero-order chi connectivity index (χ0) is 21.1.